The SMILES string of the molecule is CCN(Cc1ccc(C(=O)O)c(OC)c1)C1CCCC1. The van der Waals surface area contributed by atoms with E-state index in [0.717, 1.165) is 18.7 Å². The Labute approximate surface area is 120 Å². The van der Waals surface area contributed by atoms with E-state index in [2.05, 4.69) is 11.8 Å². The van der Waals surface area contributed by atoms with Gasteiger partial charge < -0.3 is 9.84 Å². The van der Waals surface area contributed by atoms with Crippen molar-refractivity contribution in [2.24, 2.45) is 0 Å². The van der Waals surface area contributed by atoms with Gasteiger partial charge in [-0.3, -0.25) is 4.90 Å². The summed E-state index contributed by atoms with van der Waals surface area (Å²) in [6.07, 6.45) is 5.20. The van der Waals surface area contributed by atoms with E-state index in [-0.39, 0.29) is 5.56 Å². The Morgan fingerprint density at radius 2 is 2.10 bits per heavy atom. The molecule has 0 aromatic heterocycles. The molecule has 0 atom stereocenters. The van der Waals surface area contributed by atoms with Crippen LogP contribution < -0.4 is 4.74 Å². The Morgan fingerprint density at radius 3 is 2.65 bits per heavy atom. The van der Waals surface area contributed by atoms with E-state index < -0.39 is 5.97 Å². The first-order chi connectivity index (χ1) is 9.65. The average molecular weight is 277 g/mol. The highest BCUT2D eigenvalue weighted by Gasteiger charge is 2.21. The van der Waals surface area contributed by atoms with Crippen LogP contribution in [0.2, 0.25) is 0 Å². The Balaban J connectivity index is 2.13. The van der Waals surface area contributed by atoms with Crippen molar-refractivity contribution in [1.82, 2.24) is 4.90 Å². The standard InChI is InChI=1S/C16H23NO3/c1-3-17(13-6-4-5-7-13)11-12-8-9-14(16(18)19)15(10-12)20-2/h8-10,13H,3-7,11H2,1-2H3,(H,18,19). The van der Waals surface area contributed by atoms with Gasteiger partial charge in [0.1, 0.15) is 11.3 Å². The third-order valence-corrected chi connectivity index (χ3v) is 4.13. The summed E-state index contributed by atoms with van der Waals surface area (Å²) >= 11 is 0. The van der Waals surface area contributed by atoms with Gasteiger partial charge in [0.05, 0.1) is 7.11 Å². The Bertz CT molecular complexity index is 467. The molecule has 1 aliphatic rings. The molecular formula is C16H23NO3. The molecule has 110 valence electrons. The molecule has 1 aromatic rings. The predicted octanol–water partition coefficient (Wildman–Crippen LogP) is 3.16. The molecule has 1 N–H and O–H groups in total. The molecule has 1 aromatic carbocycles. The van der Waals surface area contributed by atoms with E-state index in [1.165, 1.54) is 32.8 Å². The van der Waals surface area contributed by atoms with Crippen LogP contribution in [0.25, 0.3) is 0 Å². The maximum Gasteiger partial charge on any atom is 0.339 e. The minimum Gasteiger partial charge on any atom is -0.496 e. The lowest BCUT2D eigenvalue weighted by molar-refractivity contribution is 0.0693. The summed E-state index contributed by atoms with van der Waals surface area (Å²) in [4.78, 5) is 13.6. The summed E-state index contributed by atoms with van der Waals surface area (Å²) in [5, 5.41) is 9.10. The van der Waals surface area contributed by atoms with Crippen molar-refractivity contribution in [1.29, 1.82) is 0 Å². The number of aromatic carboxylic acids is 1. The number of hydrogen-bond acceptors (Lipinski definition) is 3. The summed E-state index contributed by atoms with van der Waals surface area (Å²) in [7, 11) is 1.51. The van der Waals surface area contributed by atoms with Crippen molar-refractivity contribution in [3.8, 4) is 5.75 Å². The first kappa shape index (κ1) is 14.9. The first-order valence-corrected chi connectivity index (χ1v) is 7.30. The van der Waals surface area contributed by atoms with E-state index in [1.807, 2.05) is 12.1 Å². The lowest BCUT2D eigenvalue weighted by Crippen LogP contribution is -2.32. The summed E-state index contributed by atoms with van der Waals surface area (Å²) in [6, 6.07) is 6.05. The molecule has 4 heteroatoms. The van der Waals surface area contributed by atoms with Crippen LogP contribution in [0.4, 0.5) is 0 Å². The second-order valence-corrected chi connectivity index (χ2v) is 5.34. The maximum absolute atomic E-state index is 11.1. The van der Waals surface area contributed by atoms with Crippen molar-refractivity contribution in [2.45, 2.75) is 45.2 Å². The predicted molar refractivity (Wildman–Crippen MR) is 78.3 cm³/mol. The molecule has 0 heterocycles. The summed E-state index contributed by atoms with van der Waals surface area (Å²) in [5.41, 5.74) is 1.33. The molecule has 0 saturated heterocycles. The summed E-state index contributed by atoms with van der Waals surface area (Å²) < 4.78 is 5.19. The topological polar surface area (TPSA) is 49.8 Å². The highest BCUT2D eigenvalue weighted by molar-refractivity contribution is 5.90. The van der Waals surface area contributed by atoms with Crippen LogP contribution in [0.15, 0.2) is 18.2 Å². The zero-order valence-electron chi connectivity index (χ0n) is 12.3. The number of carboxylic acid groups (broad SMARTS) is 1. The smallest absolute Gasteiger partial charge is 0.339 e. The van der Waals surface area contributed by atoms with Gasteiger partial charge in [-0.2, -0.15) is 0 Å². The fraction of sp³-hybridized carbons (Fsp3) is 0.562. The van der Waals surface area contributed by atoms with Crippen molar-refractivity contribution >= 4 is 5.97 Å². The second kappa shape index (κ2) is 6.75. The number of hydrogen-bond donors (Lipinski definition) is 1. The second-order valence-electron chi connectivity index (χ2n) is 5.34. The van der Waals surface area contributed by atoms with Gasteiger partial charge in [0.25, 0.3) is 0 Å². The van der Waals surface area contributed by atoms with Crippen LogP contribution in [0.3, 0.4) is 0 Å². The number of rotatable bonds is 6. The van der Waals surface area contributed by atoms with Crippen molar-refractivity contribution in [3.05, 3.63) is 29.3 Å². The number of carbonyl (C=O) groups is 1. The average Bonchev–Trinajstić information content (AvgIpc) is 2.98. The zero-order valence-corrected chi connectivity index (χ0v) is 12.3. The maximum atomic E-state index is 11.1. The monoisotopic (exact) mass is 277 g/mol. The van der Waals surface area contributed by atoms with Gasteiger partial charge >= 0.3 is 5.97 Å². The zero-order chi connectivity index (χ0) is 14.5. The van der Waals surface area contributed by atoms with E-state index in [4.69, 9.17) is 9.84 Å². The first-order valence-electron chi connectivity index (χ1n) is 7.30. The molecule has 2 rings (SSSR count). The normalized spacial score (nSPS) is 15.8. The van der Waals surface area contributed by atoms with Gasteiger partial charge in [-0.15, -0.1) is 0 Å². The Hall–Kier alpha value is -1.55. The molecule has 0 unspecified atom stereocenters. The molecule has 1 saturated carbocycles. The minimum atomic E-state index is -0.948. The number of carboxylic acids is 1. The van der Waals surface area contributed by atoms with E-state index in [0.29, 0.717) is 11.8 Å². The fourth-order valence-corrected chi connectivity index (χ4v) is 3.01. The molecule has 0 radical (unpaired) electrons. The lowest BCUT2D eigenvalue weighted by atomic mass is 10.1. The van der Waals surface area contributed by atoms with Crippen LogP contribution in [0.1, 0.15) is 48.5 Å². The van der Waals surface area contributed by atoms with Gasteiger partial charge in [0, 0.05) is 12.6 Å². The quantitative estimate of drug-likeness (QED) is 0.867. The van der Waals surface area contributed by atoms with Crippen LogP contribution in [0, 0.1) is 0 Å². The van der Waals surface area contributed by atoms with Crippen molar-refractivity contribution in [3.63, 3.8) is 0 Å². The number of benzene rings is 1. The molecule has 0 bridgehead atoms. The number of methoxy groups -OCH3 is 1. The fourth-order valence-electron chi connectivity index (χ4n) is 3.01. The van der Waals surface area contributed by atoms with Crippen LogP contribution >= 0.6 is 0 Å². The third kappa shape index (κ3) is 3.31. The van der Waals surface area contributed by atoms with E-state index in [9.17, 15) is 4.79 Å². The van der Waals surface area contributed by atoms with Crippen LogP contribution in [-0.4, -0.2) is 35.7 Å². The number of ether oxygens (including phenoxy) is 1. The highest BCUT2D eigenvalue weighted by atomic mass is 16.5. The largest absolute Gasteiger partial charge is 0.496 e. The van der Waals surface area contributed by atoms with E-state index >= 15 is 0 Å². The third-order valence-electron chi connectivity index (χ3n) is 4.13. The number of nitrogens with zero attached hydrogens (tertiary/aromatic N) is 1. The van der Waals surface area contributed by atoms with Gasteiger partial charge in [-0.25, -0.2) is 4.79 Å². The van der Waals surface area contributed by atoms with Gasteiger partial charge in [-0.05, 0) is 37.1 Å². The van der Waals surface area contributed by atoms with Crippen molar-refractivity contribution in [2.75, 3.05) is 13.7 Å². The van der Waals surface area contributed by atoms with Gasteiger partial charge in [-0.1, -0.05) is 25.8 Å². The molecular weight excluding hydrogens is 254 g/mol. The molecule has 0 spiro atoms. The molecule has 20 heavy (non-hydrogen) atoms. The molecule has 0 aliphatic heterocycles. The lowest BCUT2D eigenvalue weighted by Gasteiger charge is -2.27. The Kier molecular flexibility index (Phi) is 5.01. The molecule has 1 fully saturated rings. The molecule has 4 nitrogen and oxygen atoms in total. The van der Waals surface area contributed by atoms with Crippen molar-refractivity contribution < 1.29 is 14.6 Å². The summed E-state index contributed by atoms with van der Waals surface area (Å²) in [5.74, 6) is -0.506. The van der Waals surface area contributed by atoms with E-state index in [1.54, 1.807) is 6.07 Å². The highest BCUT2D eigenvalue weighted by Crippen LogP contribution is 2.26. The van der Waals surface area contributed by atoms with Gasteiger partial charge in [0.2, 0.25) is 0 Å². The van der Waals surface area contributed by atoms with Crippen LogP contribution in [0.5, 0.6) is 5.75 Å². The Morgan fingerprint density at radius 1 is 1.40 bits per heavy atom. The summed E-state index contributed by atoms with van der Waals surface area (Å²) in [6.45, 7) is 4.06. The minimum absolute atomic E-state index is 0.222. The van der Waals surface area contributed by atoms with Gasteiger partial charge in [0.15, 0.2) is 0 Å². The van der Waals surface area contributed by atoms with Crippen LogP contribution in [-0.2, 0) is 6.54 Å². The molecule has 0 amide bonds. The molecule has 1 aliphatic carbocycles.